The van der Waals surface area contributed by atoms with Gasteiger partial charge >= 0.3 is 0 Å². The van der Waals surface area contributed by atoms with Gasteiger partial charge in [-0.2, -0.15) is 0 Å². The molecule has 4 nitrogen and oxygen atoms in total. The highest BCUT2D eigenvalue weighted by atomic mass is 16.5. The average molecular weight is 352 g/mol. The fourth-order valence-corrected chi connectivity index (χ4v) is 6.50. The Balaban J connectivity index is 1.57. The Labute approximate surface area is 154 Å². The maximum Gasteiger partial charge on any atom is 0.166 e. The first-order valence-corrected chi connectivity index (χ1v) is 9.97. The average Bonchev–Trinajstić information content (AvgIpc) is 3.37. The van der Waals surface area contributed by atoms with Crippen LogP contribution >= 0.6 is 0 Å². The van der Waals surface area contributed by atoms with E-state index in [-0.39, 0.29) is 17.6 Å². The SMILES string of the molecule is [CH2]Oc1ccc2c3c1O[C@H]1C(=C)CC[C@@]4(O)C(C2)N(CC2CC2)CC[C@]314. The zero-order chi connectivity index (χ0) is 17.7. The van der Waals surface area contributed by atoms with Gasteiger partial charge in [-0.15, -0.1) is 0 Å². The highest BCUT2D eigenvalue weighted by molar-refractivity contribution is 5.64. The van der Waals surface area contributed by atoms with Crippen LogP contribution in [0.15, 0.2) is 24.3 Å². The molecule has 6 rings (SSSR count). The molecule has 1 spiro atoms. The Morgan fingerprint density at radius 1 is 1.31 bits per heavy atom. The number of piperidine rings is 1. The van der Waals surface area contributed by atoms with Crippen LogP contribution < -0.4 is 9.47 Å². The van der Waals surface area contributed by atoms with Crippen LogP contribution in [0.5, 0.6) is 11.5 Å². The van der Waals surface area contributed by atoms with Gasteiger partial charge in [-0.25, -0.2) is 0 Å². The van der Waals surface area contributed by atoms with Crippen LogP contribution in [-0.2, 0) is 11.8 Å². The Hall–Kier alpha value is -1.52. The van der Waals surface area contributed by atoms with Crippen molar-refractivity contribution in [2.75, 3.05) is 13.1 Å². The second kappa shape index (κ2) is 4.85. The van der Waals surface area contributed by atoms with Crippen LogP contribution in [0.25, 0.3) is 0 Å². The van der Waals surface area contributed by atoms with Crippen LogP contribution in [0.3, 0.4) is 0 Å². The highest BCUT2D eigenvalue weighted by Crippen LogP contribution is 2.66. The largest absolute Gasteiger partial charge is 0.486 e. The Bertz CT molecular complexity index is 816. The molecule has 3 fully saturated rings. The van der Waals surface area contributed by atoms with Crippen molar-refractivity contribution < 1.29 is 14.6 Å². The maximum absolute atomic E-state index is 12.2. The third-order valence-corrected chi connectivity index (χ3v) is 7.85. The van der Waals surface area contributed by atoms with Crippen molar-refractivity contribution in [1.29, 1.82) is 0 Å². The molecule has 2 bridgehead atoms. The molecule has 0 amide bonds. The van der Waals surface area contributed by atoms with Gasteiger partial charge in [-0.3, -0.25) is 4.90 Å². The Morgan fingerprint density at radius 3 is 2.92 bits per heavy atom. The van der Waals surface area contributed by atoms with Gasteiger partial charge < -0.3 is 14.6 Å². The van der Waals surface area contributed by atoms with Gasteiger partial charge in [0.1, 0.15) is 13.2 Å². The van der Waals surface area contributed by atoms with Crippen molar-refractivity contribution in [3.8, 4) is 11.5 Å². The molecule has 137 valence electrons. The minimum absolute atomic E-state index is 0.142. The monoisotopic (exact) mass is 352 g/mol. The molecular weight excluding hydrogens is 326 g/mol. The number of benzene rings is 1. The molecule has 5 aliphatic rings. The van der Waals surface area contributed by atoms with Gasteiger partial charge in [0.15, 0.2) is 11.5 Å². The Morgan fingerprint density at radius 2 is 2.15 bits per heavy atom. The number of hydrogen-bond acceptors (Lipinski definition) is 4. The van der Waals surface area contributed by atoms with Crippen molar-refractivity contribution in [3.05, 3.63) is 42.5 Å². The summed E-state index contributed by atoms with van der Waals surface area (Å²) in [6.45, 7) is 6.50. The molecule has 1 aromatic carbocycles. The van der Waals surface area contributed by atoms with Crippen molar-refractivity contribution in [2.24, 2.45) is 5.92 Å². The first-order chi connectivity index (χ1) is 12.6. The van der Waals surface area contributed by atoms with Crippen LogP contribution in [0.1, 0.15) is 43.2 Å². The third kappa shape index (κ3) is 1.64. The zero-order valence-electron chi connectivity index (χ0n) is 15.2. The van der Waals surface area contributed by atoms with E-state index in [1.807, 2.05) is 6.07 Å². The molecule has 1 N–H and O–H groups in total. The molecule has 0 aromatic heterocycles. The lowest BCUT2D eigenvalue weighted by Gasteiger charge is -2.63. The van der Waals surface area contributed by atoms with E-state index in [4.69, 9.17) is 9.47 Å². The van der Waals surface area contributed by atoms with Crippen LogP contribution in [0, 0.1) is 13.0 Å². The summed E-state index contributed by atoms with van der Waals surface area (Å²) in [5.74, 6) is 2.32. The lowest BCUT2D eigenvalue weighted by Crippen LogP contribution is -2.75. The highest BCUT2D eigenvalue weighted by Gasteiger charge is 2.71. The number of aliphatic hydroxyl groups is 1. The second-order valence-corrected chi connectivity index (χ2v) is 9.03. The smallest absolute Gasteiger partial charge is 0.166 e. The van der Waals surface area contributed by atoms with Crippen LogP contribution in [0.2, 0.25) is 0 Å². The molecule has 4 heteroatoms. The van der Waals surface area contributed by atoms with Gasteiger partial charge in [-0.1, -0.05) is 12.6 Å². The molecule has 3 aliphatic carbocycles. The molecule has 2 saturated carbocycles. The first kappa shape index (κ1) is 15.5. The maximum atomic E-state index is 12.2. The lowest BCUT2D eigenvalue weighted by molar-refractivity contribution is -0.174. The van der Waals surface area contributed by atoms with Crippen molar-refractivity contribution in [2.45, 2.75) is 61.7 Å². The van der Waals surface area contributed by atoms with Crippen LogP contribution in [0.4, 0.5) is 0 Å². The molecule has 4 atom stereocenters. The lowest BCUT2D eigenvalue weighted by atomic mass is 9.48. The summed E-state index contributed by atoms with van der Waals surface area (Å²) in [6.07, 6.45) is 5.99. The van der Waals surface area contributed by atoms with E-state index < -0.39 is 5.60 Å². The molecular formula is C22H26NO3. The normalized spacial score (nSPS) is 40.2. The van der Waals surface area contributed by atoms with Crippen molar-refractivity contribution in [3.63, 3.8) is 0 Å². The predicted octanol–water partition coefficient (Wildman–Crippen LogP) is 2.98. The van der Waals surface area contributed by atoms with E-state index in [2.05, 4.69) is 24.7 Å². The number of nitrogens with zero attached hydrogens (tertiary/aromatic N) is 1. The topological polar surface area (TPSA) is 41.9 Å². The molecule has 2 heterocycles. The first-order valence-electron chi connectivity index (χ1n) is 9.97. The quantitative estimate of drug-likeness (QED) is 0.850. The van der Waals surface area contributed by atoms with Gasteiger partial charge in [0.05, 0.1) is 11.0 Å². The fraction of sp³-hybridized carbons (Fsp3) is 0.591. The third-order valence-electron chi connectivity index (χ3n) is 7.85. The summed E-state index contributed by atoms with van der Waals surface area (Å²) >= 11 is 0. The number of likely N-dealkylation sites (tertiary alicyclic amines) is 1. The van der Waals surface area contributed by atoms with Crippen LogP contribution in [-0.4, -0.2) is 40.8 Å². The summed E-state index contributed by atoms with van der Waals surface area (Å²) in [4.78, 5) is 2.58. The van der Waals surface area contributed by atoms with Crippen molar-refractivity contribution in [1.82, 2.24) is 4.90 Å². The van der Waals surface area contributed by atoms with Gasteiger partial charge in [0.25, 0.3) is 0 Å². The number of hydrogen-bond donors (Lipinski definition) is 1. The molecule has 1 radical (unpaired) electrons. The van der Waals surface area contributed by atoms with E-state index in [0.29, 0.717) is 5.75 Å². The molecule has 1 saturated heterocycles. The second-order valence-electron chi connectivity index (χ2n) is 9.03. The molecule has 2 aliphatic heterocycles. The number of rotatable bonds is 3. The van der Waals surface area contributed by atoms with E-state index in [1.54, 1.807) is 0 Å². The van der Waals surface area contributed by atoms with E-state index in [9.17, 15) is 5.11 Å². The number of ether oxygens (including phenoxy) is 2. The van der Waals surface area contributed by atoms with Crippen molar-refractivity contribution >= 4 is 0 Å². The van der Waals surface area contributed by atoms with Gasteiger partial charge in [0.2, 0.25) is 0 Å². The summed E-state index contributed by atoms with van der Waals surface area (Å²) in [6, 6.07) is 4.32. The van der Waals surface area contributed by atoms with E-state index in [1.165, 1.54) is 24.0 Å². The van der Waals surface area contributed by atoms with Gasteiger partial charge in [-0.05, 0) is 68.2 Å². The fourth-order valence-electron chi connectivity index (χ4n) is 6.50. The standard InChI is InChI=1S/C22H26NO3/c1-13-7-8-22(24)17-11-15-5-6-16(25-2)19-18(15)21(22,20(13)26-19)9-10-23(17)12-14-3-4-14/h5-6,14,17,20,24H,1-4,7-12H2/t17?,20-,21-,22+/m0/s1. The minimum atomic E-state index is -0.746. The Kier molecular flexibility index (Phi) is 2.89. The molecule has 1 unspecified atom stereocenters. The summed E-state index contributed by atoms with van der Waals surface area (Å²) in [5.41, 5.74) is 2.50. The summed E-state index contributed by atoms with van der Waals surface area (Å²) in [5, 5.41) is 12.2. The molecule has 26 heavy (non-hydrogen) atoms. The zero-order valence-corrected chi connectivity index (χ0v) is 15.2. The minimum Gasteiger partial charge on any atom is -0.486 e. The summed E-state index contributed by atoms with van der Waals surface area (Å²) in [7, 11) is 3.61. The summed E-state index contributed by atoms with van der Waals surface area (Å²) < 4.78 is 11.8. The molecule has 1 aromatic rings. The van der Waals surface area contributed by atoms with Gasteiger partial charge in [0, 0.05) is 18.2 Å². The predicted molar refractivity (Wildman–Crippen MR) is 98.3 cm³/mol. The van der Waals surface area contributed by atoms with E-state index in [0.717, 1.165) is 56.0 Å². The van der Waals surface area contributed by atoms with E-state index >= 15 is 0 Å².